The molecule has 2 heterocycles. The van der Waals surface area contributed by atoms with Gasteiger partial charge in [-0.1, -0.05) is 17.7 Å². The average Bonchev–Trinajstić information content (AvgIpc) is 2.49. The van der Waals surface area contributed by atoms with Crippen LogP contribution in [0.4, 0.5) is 0 Å². The van der Waals surface area contributed by atoms with Gasteiger partial charge in [0.05, 0.1) is 12.6 Å². The van der Waals surface area contributed by atoms with Crippen molar-refractivity contribution < 1.29 is 9.53 Å². The lowest BCUT2D eigenvalue weighted by Crippen LogP contribution is -2.32. The minimum Gasteiger partial charge on any atom is -0.493 e. The second kappa shape index (κ2) is 5.33. The molecule has 0 aliphatic carbocycles. The minimum absolute atomic E-state index is 0.000634. The van der Waals surface area contributed by atoms with Crippen LogP contribution < -0.4 is 10.1 Å². The number of hydrogen-bond acceptors (Lipinski definition) is 3. The van der Waals surface area contributed by atoms with Crippen LogP contribution in [-0.2, 0) is 0 Å². The van der Waals surface area contributed by atoms with Gasteiger partial charge in [0.2, 0.25) is 0 Å². The summed E-state index contributed by atoms with van der Waals surface area (Å²) >= 11 is 0. The fourth-order valence-electron chi connectivity index (χ4n) is 2.41. The third-order valence-electron chi connectivity index (χ3n) is 3.45. The summed E-state index contributed by atoms with van der Waals surface area (Å²) in [6.45, 7) is 2.66. The molecule has 1 aromatic carbocycles. The van der Waals surface area contributed by atoms with Crippen LogP contribution in [0.25, 0.3) is 0 Å². The van der Waals surface area contributed by atoms with Crippen molar-refractivity contribution in [2.45, 2.75) is 19.4 Å². The molecule has 0 fully saturated rings. The van der Waals surface area contributed by atoms with Crippen molar-refractivity contribution in [1.29, 1.82) is 0 Å². The SMILES string of the molecule is Cc1ccc2c(c1)C(NC(=O)c1ccncc1)CCO2. The number of amides is 1. The molecule has 1 amide bonds. The van der Waals surface area contributed by atoms with Crippen molar-refractivity contribution in [2.24, 2.45) is 0 Å². The van der Waals surface area contributed by atoms with Crippen molar-refractivity contribution in [3.05, 3.63) is 59.4 Å². The summed E-state index contributed by atoms with van der Waals surface area (Å²) in [5.74, 6) is 0.786. The second-order valence-corrected chi connectivity index (χ2v) is 4.94. The Morgan fingerprint density at radius 3 is 2.90 bits per heavy atom. The van der Waals surface area contributed by atoms with Gasteiger partial charge >= 0.3 is 0 Å². The topological polar surface area (TPSA) is 51.2 Å². The summed E-state index contributed by atoms with van der Waals surface area (Å²) < 4.78 is 5.63. The lowest BCUT2D eigenvalue weighted by Gasteiger charge is -2.27. The lowest BCUT2D eigenvalue weighted by atomic mass is 9.98. The molecule has 2 aromatic rings. The number of pyridine rings is 1. The maximum atomic E-state index is 12.2. The van der Waals surface area contributed by atoms with Gasteiger partial charge in [-0.05, 0) is 25.1 Å². The number of aryl methyl sites for hydroxylation is 1. The normalized spacial score (nSPS) is 16.9. The van der Waals surface area contributed by atoms with E-state index in [4.69, 9.17) is 4.74 Å². The molecule has 0 bridgehead atoms. The van der Waals surface area contributed by atoms with Gasteiger partial charge in [0, 0.05) is 29.9 Å². The van der Waals surface area contributed by atoms with Crippen molar-refractivity contribution >= 4 is 5.91 Å². The summed E-state index contributed by atoms with van der Waals surface area (Å²) in [6.07, 6.45) is 4.03. The number of aromatic nitrogens is 1. The Bertz CT molecular complexity index is 626. The maximum Gasteiger partial charge on any atom is 0.251 e. The highest BCUT2D eigenvalue weighted by molar-refractivity contribution is 5.94. The first kappa shape index (κ1) is 12.7. The van der Waals surface area contributed by atoms with Gasteiger partial charge in [0.25, 0.3) is 5.91 Å². The zero-order valence-corrected chi connectivity index (χ0v) is 11.3. The van der Waals surface area contributed by atoms with Gasteiger partial charge in [-0.2, -0.15) is 0 Å². The molecule has 4 heteroatoms. The standard InChI is InChI=1S/C16H16N2O2/c1-11-2-3-15-13(10-11)14(6-9-20-15)18-16(19)12-4-7-17-8-5-12/h2-5,7-8,10,14H,6,9H2,1H3,(H,18,19). The maximum absolute atomic E-state index is 12.2. The lowest BCUT2D eigenvalue weighted by molar-refractivity contribution is 0.0924. The highest BCUT2D eigenvalue weighted by Gasteiger charge is 2.23. The summed E-state index contributed by atoms with van der Waals surface area (Å²) in [4.78, 5) is 16.2. The van der Waals surface area contributed by atoms with E-state index < -0.39 is 0 Å². The van der Waals surface area contributed by atoms with E-state index >= 15 is 0 Å². The molecule has 0 saturated carbocycles. The molecular weight excluding hydrogens is 252 g/mol. The van der Waals surface area contributed by atoms with Gasteiger partial charge in [-0.25, -0.2) is 0 Å². The van der Waals surface area contributed by atoms with Crippen molar-refractivity contribution in [1.82, 2.24) is 10.3 Å². The van der Waals surface area contributed by atoms with E-state index in [1.54, 1.807) is 24.5 Å². The predicted molar refractivity (Wildman–Crippen MR) is 75.7 cm³/mol. The molecule has 1 N–H and O–H groups in total. The van der Waals surface area contributed by atoms with Crippen LogP contribution in [0.15, 0.2) is 42.7 Å². The van der Waals surface area contributed by atoms with E-state index in [0.29, 0.717) is 12.2 Å². The molecule has 0 radical (unpaired) electrons. The largest absolute Gasteiger partial charge is 0.493 e. The molecule has 1 atom stereocenters. The van der Waals surface area contributed by atoms with E-state index in [-0.39, 0.29) is 11.9 Å². The summed E-state index contributed by atoms with van der Waals surface area (Å²) in [6, 6.07) is 9.49. The molecule has 102 valence electrons. The summed E-state index contributed by atoms with van der Waals surface area (Å²) in [5.41, 5.74) is 2.84. The molecular formula is C16H16N2O2. The van der Waals surface area contributed by atoms with Crippen LogP contribution >= 0.6 is 0 Å². The number of ether oxygens (including phenoxy) is 1. The molecule has 20 heavy (non-hydrogen) atoms. The minimum atomic E-state index is -0.0771. The first-order valence-electron chi connectivity index (χ1n) is 6.68. The van der Waals surface area contributed by atoms with Crippen LogP contribution in [0.2, 0.25) is 0 Å². The van der Waals surface area contributed by atoms with E-state index in [9.17, 15) is 4.79 Å². The summed E-state index contributed by atoms with van der Waals surface area (Å²) in [7, 11) is 0. The van der Waals surface area contributed by atoms with Gasteiger partial charge < -0.3 is 10.1 Å². The molecule has 4 nitrogen and oxygen atoms in total. The van der Waals surface area contributed by atoms with Crippen molar-refractivity contribution in [3.63, 3.8) is 0 Å². The highest BCUT2D eigenvalue weighted by atomic mass is 16.5. The fourth-order valence-corrected chi connectivity index (χ4v) is 2.41. The molecule has 3 rings (SSSR count). The van der Waals surface area contributed by atoms with Crippen LogP contribution in [0.3, 0.4) is 0 Å². The average molecular weight is 268 g/mol. The first-order valence-corrected chi connectivity index (χ1v) is 6.68. The highest BCUT2D eigenvalue weighted by Crippen LogP contribution is 2.32. The number of rotatable bonds is 2. The van der Waals surface area contributed by atoms with Gasteiger partial charge in [-0.3, -0.25) is 9.78 Å². The Morgan fingerprint density at radius 1 is 1.30 bits per heavy atom. The van der Waals surface area contributed by atoms with Crippen molar-refractivity contribution in [3.8, 4) is 5.75 Å². The van der Waals surface area contributed by atoms with E-state index in [1.807, 2.05) is 19.1 Å². The van der Waals surface area contributed by atoms with Crippen molar-refractivity contribution in [2.75, 3.05) is 6.61 Å². The molecule has 0 spiro atoms. The summed E-state index contributed by atoms with van der Waals surface area (Å²) in [5, 5.41) is 3.07. The van der Waals surface area contributed by atoms with E-state index in [2.05, 4.69) is 16.4 Å². The monoisotopic (exact) mass is 268 g/mol. The number of carbonyl (C=O) groups is 1. The zero-order valence-electron chi connectivity index (χ0n) is 11.3. The van der Waals surface area contributed by atoms with Gasteiger partial charge in [-0.15, -0.1) is 0 Å². The number of carbonyl (C=O) groups excluding carboxylic acids is 1. The Kier molecular flexibility index (Phi) is 3.37. The van der Waals surface area contributed by atoms with Crippen LogP contribution in [0.1, 0.15) is 33.9 Å². The number of nitrogens with zero attached hydrogens (tertiary/aromatic N) is 1. The van der Waals surface area contributed by atoms with E-state index in [1.165, 1.54) is 0 Å². The second-order valence-electron chi connectivity index (χ2n) is 4.94. The van der Waals surface area contributed by atoms with E-state index in [0.717, 1.165) is 23.3 Å². The Labute approximate surface area is 117 Å². The Morgan fingerprint density at radius 2 is 2.10 bits per heavy atom. The number of hydrogen-bond donors (Lipinski definition) is 1. The fraction of sp³-hybridized carbons (Fsp3) is 0.250. The third-order valence-corrected chi connectivity index (χ3v) is 3.45. The molecule has 1 aliphatic rings. The zero-order chi connectivity index (χ0) is 13.9. The quantitative estimate of drug-likeness (QED) is 0.911. The number of nitrogens with one attached hydrogen (secondary N) is 1. The Balaban J connectivity index is 1.83. The molecule has 1 unspecified atom stereocenters. The number of benzene rings is 1. The van der Waals surface area contributed by atoms with Gasteiger partial charge in [0.15, 0.2) is 0 Å². The van der Waals surface area contributed by atoms with Crippen LogP contribution in [0.5, 0.6) is 5.75 Å². The predicted octanol–water partition coefficient (Wildman–Crippen LogP) is 2.64. The third kappa shape index (κ3) is 2.50. The van der Waals surface area contributed by atoms with Crippen LogP contribution in [0, 0.1) is 6.92 Å². The van der Waals surface area contributed by atoms with Gasteiger partial charge in [0.1, 0.15) is 5.75 Å². The molecule has 1 aliphatic heterocycles. The smallest absolute Gasteiger partial charge is 0.251 e. The number of fused-ring (bicyclic) bond motifs is 1. The van der Waals surface area contributed by atoms with Crippen LogP contribution in [-0.4, -0.2) is 17.5 Å². The first-order chi connectivity index (χ1) is 9.74. The molecule has 0 saturated heterocycles. The molecule has 1 aromatic heterocycles. The Hall–Kier alpha value is -2.36.